The Kier molecular flexibility index (Phi) is 6.05. The fourth-order valence-electron chi connectivity index (χ4n) is 2.94. The summed E-state index contributed by atoms with van der Waals surface area (Å²) < 4.78 is 0. The van der Waals surface area contributed by atoms with Gasteiger partial charge in [0.1, 0.15) is 11.4 Å². The number of hydrogen-bond acceptors (Lipinski definition) is 7. The molecule has 3 rings (SSSR count). The van der Waals surface area contributed by atoms with Crippen molar-refractivity contribution in [1.29, 1.82) is 0 Å². The summed E-state index contributed by atoms with van der Waals surface area (Å²) in [7, 11) is 0. The van der Waals surface area contributed by atoms with Crippen LogP contribution >= 0.6 is 23.5 Å². The maximum Gasteiger partial charge on any atom is 0.330 e. The van der Waals surface area contributed by atoms with Crippen LogP contribution in [0.3, 0.4) is 0 Å². The lowest BCUT2D eigenvalue weighted by molar-refractivity contribution is -0.160. The molecule has 1 aromatic rings. The minimum Gasteiger partial charge on any atom is -0.479 e. The third kappa shape index (κ3) is 4.27. The summed E-state index contributed by atoms with van der Waals surface area (Å²) in [6.45, 7) is 3.85. The highest BCUT2D eigenvalue weighted by Crippen LogP contribution is 2.41. The van der Waals surface area contributed by atoms with Crippen molar-refractivity contribution < 1.29 is 19.5 Å². The van der Waals surface area contributed by atoms with Crippen molar-refractivity contribution in [2.75, 3.05) is 5.75 Å². The van der Waals surface area contributed by atoms with Crippen LogP contribution in [0.1, 0.15) is 20.3 Å². The Morgan fingerprint density at radius 1 is 1.37 bits per heavy atom. The highest BCUT2D eigenvalue weighted by Gasteiger charge is 2.55. The van der Waals surface area contributed by atoms with Crippen LogP contribution in [0, 0.1) is 5.92 Å². The molecule has 0 aromatic carbocycles. The molecule has 144 valence electrons. The lowest BCUT2D eigenvalue weighted by atomic mass is 9.98. The largest absolute Gasteiger partial charge is 0.479 e. The predicted molar refractivity (Wildman–Crippen MR) is 102 cm³/mol. The Labute approximate surface area is 165 Å². The number of thioether (sulfide) groups is 2. The second-order valence-corrected chi connectivity index (χ2v) is 8.60. The van der Waals surface area contributed by atoms with Crippen LogP contribution < -0.4 is 5.32 Å². The van der Waals surface area contributed by atoms with Gasteiger partial charge in [0.25, 0.3) is 0 Å². The first-order valence-corrected chi connectivity index (χ1v) is 10.4. The Balaban J connectivity index is 1.69. The van der Waals surface area contributed by atoms with Crippen molar-refractivity contribution in [3.05, 3.63) is 29.4 Å². The molecule has 27 heavy (non-hydrogen) atoms. The molecule has 3 atom stereocenters. The fraction of sp³-hybridized carbons (Fsp3) is 0.471. The van der Waals surface area contributed by atoms with Crippen LogP contribution in [-0.4, -0.2) is 61.0 Å². The van der Waals surface area contributed by atoms with E-state index in [0.29, 0.717) is 22.9 Å². The first-order valence-electron chi connectivity index (χ1n) is 8.47. The lowest BCUT2D eigenvalue weighted by Crippen LogP contribution is -2.74. The van der Waals surface area contributed by atoms with Gasteiger partial charge in [-0.2, -0.15) is 0 Å². The summed E-state index contributed by atoms with van der Waals surface area (Å²) in [5.41, 5.74) is 0.613. The fourth-order valence-corrected chi connectivity index (χ4v) is 5.08. The number of aromatic nitrogens is 2. The van der Waals surface area contributed by atoms with Crippen molar-refractivity contribution in [2.45, 2.75) is 42.9 Å². The second-order valence-electron chi connectivity index (χ2n) is 6.67. The molecule has 10 heteroatoms. The molecule has 0 spiro atoms. The van der Waals surface area contributed by atoms with E-state index >= 15 is 0 Å². The van der Waals surface area contributed by atoms with Gasteiger partial charge in [0.2, 0.25) is 11.8 Å². The van der Waals surface area contributed by atoms with E-state index in [9.17, 15) is 19.5 Å². The van der Waals surface area contributed by atoms with Gasteiger partial charge in [0.05, 0.1) is 0 Å². The van der Waals surface area contributed by atoms with Crippen LogP contribution in [0.15, 0.2) is 34.6 Å². The summed E-state index contributed by atoms with van der Waals surface area (Å²) >= 11 is 2.68. The van der Waals surface area contributed by atoms with Gasteiger partial charge in [0.15, 0.2) is 11.2 Å². The number of carbonyl (C=O) groups is 3. The molecule has 2 unspecified atom stereocenters. The molecule has 0 saturated carbocycles. The highest BCUT2D eigenvalue weighted by atomic mass is 32.2. The molecule has 2 amide bonds. The first-order chi connectivity index (χ1) is 12.9. The van der Waals surface area contributed by atoms with E-state index in [4.69, 9.17) is 0 Å². The second kappa shape index (κ2) is 8.30. The molecule has 1 aromatic heterocycles. The summed E-state index contributed by atoms with van der Waals surface area (Å²) in [6.07, 6.45) is 3.57. The van der Waals surface area contributed by atoms with Gasteiger partial charge in [-0.25, -0.2) is 14.8 Å². The van der Waals surface area contributed by atoms with Gasteiger partial charge < -0.3 is 15.3 Å². The van der Waals surface area contributed by atoms with Crippen LogP contribution in [-0.2, 0) is 14.4 Å². The van der Waals surface area contributed by atoms with E-state index in [0.717, 1.165) is 0 Å². The van der Waals surface area contributed by atoms with E-state index in [2.05, 4.69) is 15.3 Å². The number of nitrogens with one attached hydrogen (secondary N) is 1. The molecule has 2 N–H and O–H groups in total. The number of carbonyl (C=O) groups excluding carboxylic acids is 2. The number of carboxylic acids is 1. The third-order valence-corrected chi connectivity index (χ3v) is 6.29. The SMILES string of the molecule is CC(C)CC(=O)NC1C(=O)N2C(C(=O)O)C(CSc3ncccn3)=CS[C@H]12. The topological polar surface area (TPSA) is 112 Å². The van der Waals surface area contributed by atoms with Crippen molar-refractivity contribution in [3.8, 4) is 0 Å². The molecule has 1 fully saturated rings. The van der Waals surface area contributed by atoms with Crippen LogP contribution in [0.5, 0.6) is 0 Å². The lowest BCUT2D eigenvalue weighted by Gasteiger charge is -2.51. The molecule has 2 aliphatic rings. The number of nitrogens with zero attached hydrogens (tertiary/aromatic N) is 3. The number of rotatable bonds is 7. The van der Waals surface area contributed by atoms with Gasteiger partial charge in [-0.15, -0.1) is 11.8 Å². The molecule has 0 aliphatic carbocycles. The van der Waals surface area contributed by atoms with E-state index in [1.165, 1.54) is 28.4 Å². The molecule has 1 saturated heterocycles. The molecular formula is C17H20N4O4S2. The summed E-state index contributed by atoms with van der Waals surface area (Å²) in [4.78, 5) is 45.9. The first kappa shape index (κ1) is 19.7. The zero-order valence-electron chi connectivity index (χ0n) is 14.9. The smallest absolute Gasteiger partial charge is 0.330 e. The monoisotopic (exact) mass is 408 g/mol. The van der Waals surface area contributed by atoms with Gasteiger partial charge in [-0.1, -0.05) is 25.6 Å². The molecule has 2 aliphatic heterocycles. The van der Waals surface area contributed by atoms with E-state index in [1.807, 2.05) is 13.8 Å². The van der Waals surface area contributed by atoms with Gasteiger partial charge >= 0.3 is 5.97 Å². The molecular weight excluding hydrogens is 388 g/mol. The Morgan fingerprint density at radius 3 is 2.70 bits per heavy atom. The zero-order chi connectivity index (χ0) is 19.6. The molecule has 8 nitrogen and oxygen atoms in total. The number of amides is 2. The maximum absolute atomic E-state index is 12.5. The van der Waals surface area contributed by atoms with E-state index < -0.39 is 23.4 Å². The summed E-state index contributed by atoms with van der Waals surface area (Å²) in [6, 6.07) is 0.000827. The average Bonchev–Trinajstić information content (AvgIpc) is 2.63. The maximum atomic E-state index is 12.5. The Morgan fingerprint density at radius 2 is 2.07 bits per heavy atom. The number of fused-ring (bicyclic) bond motifs is 1. The van der Waals surface area contributed by atoms with E-state index in [1.54, 1.807) is 23.9 Å². The summed E-state index contributed by atoms with van der Waals surface area (Å²) in [5, 5.41) is 14.3. The quantitative estimate of drug-likeness (QED) is 0.395. The zero-order valence-corrected chi connectivity index (χ0v) is 16.5. The van der Waals surface area contributed by atoms with E-state index in [-0.39, 0.29) is 17.7 Å². The average molecular weight is 409 g/mol. The van der Waals surface area contributed by atoms with Crippen molar-refractivity contribution in [1.82, 2.24) is 20.2 Å². The normalized spacial score (nSPS) is 24.1. The van der Waals surface area contributed by atoms with Crippen LogP contribution in [0.4, 0.5) is 0 Å². The minimum absolute atomic E-state index is 0.186. The van der Waals surface area contributed by atoms with Gasteiger partial charge in [-0.05, 0) is 23.0 Å². The standard InChI is InChI=1S/C17H20N4O4S2/c1-9(2)6-11(22)20-12-14(23)21-13(16(24)25)10(7-26-15(12)21)8-27-17-18-4-3-5-19-17/h3-5,7,9,12-13,15H,6,8H2,1-2H3,(H,20,22)(H,24,25)/t12?,13?,15-/m1/s1. The van der Waals surface area contributed by atoms with Crippen molar-refractivity contribution in [3.63, 3.8) is 0 Å². The minimum atomic E-state index is -1.08. The molecule has 3 heterocycles. The van der Waals surface area contributed by atoms with Gasteiger partial charge in [0, 0.05) is 24.6 Å². The third-order valence-electron chi connectivity index (χ3n) is 4.12. The van der Waals surface area contributed by atoms with Crippen LogP contribution in [0.2, 0.25) is 0 Å². The van der Waals surface area contributed by atoms with Crippen molar-refractivity contribution in [2.24, 2.45) is 5.92 Å². The van der Waals surface area contributed by atoms with Crippen molar-refractivity contribution >= 4 is 41.3 Å². The Bertz CT molecular complexity index is 771. The molecule has 0 bridgehead atoms. The number of aliphatic carboxylic acids is 1. The number of β-lactam (4-membered cyclic amide) rings is 1. The molecule has 0 radical (unpaired) electrons. The van der Waals surface area contributed by atoms with Gasteiger partial charge in [-0.3, -0.25) is 9.59 Å². The number of hydrogen-bond donors (Lipinski definition) is 2. The Hall–Kier alpha value is -2.07. The number of carboxylic acid groups (broad SMARTS) is 1. The predicted octanol–water partition coefficient (Wildman–Crippen LogP) is 1.35. The highest BCUT2D eigenvalue weighted by molar-refractivity contribution is 8.03. The summed E-state index contributed by atoms with van der Waals surface area (Å²) in [5.74, 6) is -1.08. The van der Waals surface area contributed by atoms with Crippen LogP contribution in [0.25, 0.3) is 0 Å².